The van der Waals surface area contributed by atoms with Gasteiger partial charge in [0.2, 0.25) is 5.91 Å². The van der Waals surface area contributed by atoms with Crippen molar-refractivity contribution in [2.24, 2.45) is 0 Å². The fraction of sp³-hybridized carbons (Fsp3) is 0.683. The minimum Gasteiger partial charge on any atom is -0.454 e. The number of aliphatic hydroxyl groups is 5. The normalized spacial score (nSPS) is 20.1. The van der Waals surface area contributed by atoms with Crippen molar-refractivity contribution in [2.75, 3.05) is 13.2 Å². The Labute approximate surface area is 449 Å². The van der Waals surface area contributed by atoms with Crippen LogP contribution in [0.15, 0.2) is 109 Å². The second-order valence-corrected chi connectivity index (χ2v) is 19.8. The Morgan fingerprint density at radius 3 is 1.59 bits per heavy atom. The van der Waals surface area contributed by atoms with Gasteiger partial charge in [-0.05, 0) is 77.0 Å². The topological polar surface area (TPSA) is 175 Å². The van der Waals surface area contributed by atoms with Crippen LogP contribution < -0.4 is 5.32 Å². The number of nitrogens with one attached hydrogen (secondary N) is 1. The lowest BCUT2D eigenvalue weighted by Crippen LogP contribution is -2.61. The number of carbonyl (C=O) groups is 2. The molecule has 0 saturated carbocycles. The molecule has 0 aromatic rings. The Hall–Kier alpha value is -3.68. The molecule has 6 N–H and O–H groups in total. The maximum absolute atomic E-state index is 13.4. The summed E-state index contributed by atoms with van der Waals surface area (Å²) < 4.78 is 17.5. The summed E-state index contributed by atoms with van der Waals surface area (Å²) in [6.45, 7) is 5.56. The van der Waals surface area contributed by atoms with Crippen molar-refractivity contribution < 1.29 is 49.3 Å². The molecule has 1 aliphatic heterocycles. The summed E-state index contributed by atoms with van der Waals surface area (Å²) in [5.74, 6) is -1.26. The smallest absolute Gasteiger partial charge is 0.306 e. The Morgan fingerprint density at radius 1 is 0.554 bits per heavy atom. The van der Waals surface area contributed by atoms with Crippen LogP contribution in [0, 0.1) is 0 Å². The van der Waals surface area contributed by atoms with Crippen molar-refractivity contribution in [3.8, 4) is 0 Å². The highest BCUT2D eigenvalue weighted by Gasteiger charge is 2.47. The van der Waals surface area contributed by atoms with Gasteiger partial charge in [-0.2, -0.15) is 0 Å². The molecule has 0 spiro atoms. The van der Waals surface area contributed by atoms with Crippen molar-refractivity contribution in [3.05, 3.63) is 109 Å². The summed E-state index contributed by atoms with van der Waals surface area (Å²) in [6, 6.07) is -1.04. The molecular weight excluding hydrogens is 931 g/mol. The molecule has 1 amide bonds. The van der Waals surface area contributed by atoms with Gasteiger partial charge in [0.05, 0.1) is 25.4 Å². The van der Waals surface area contributed by atoms with Crippen LogP contribution in [0.25, 0.3) is 0 Å². The number of hydrogen-bond donors (Lipinski definition) is 6. The number of allylic oxidation sites excluding steroid dienone is 17. The lowest BCUT2D eigenvalue weighted by molar-refractivity contribution is -0.305. The molecule has 1 saturated heterocycles. The average molecular weight is 1040 g/mol. The molecule has 0 aromatic heterocycles. The summed E-state index contributed by atoms with van der Waals surface area (Å²) in [5, 5.41) is 56.8. The standard InChI is InChI=1S/C63H105NO10/c1-4-7-10-13-16-19-22-25-27-29-31-33-36-39-42-45-48-51-58(68)74-61-60(70)59(69)57(52-65)73-63(61)72-53-54(55(66)49-46-43-40-37-34-24-21-18-15-12-9-6-3)64-62(71)56(67)50-47-44-41-38-35-32-30-28-26-23-20-17-14-11-8-5-2/h7,10,13,16-17,19-20,22,25-29,31,33,36,46,49,54-57,59-61,63,65-67,69-70H,4-6,8-9,11-12,14-15,18,21,23-24,30,32,34-35,37-45,47-48,50-53H2,1-3H3,(H,64,71)/b10-7-,16-13+,20-17-,22-19+,27-25-,28-26-,31-29+,36-33+,49-46+. The van der Waals surface area contributed by atoms with E-state index >= 15 is 0 Å². The number of unbranched alkanes of at least 4 members (excludes halogenated alkanes) is 22. The van der Waals surface area contributed by atoms with Crippen molar-refractivity contribution >= 4 is 11.9 Å². The molecule has 11 heteroatoms. The second kappa shape index (κ2) is 50.2. The molecule has 8 atom stereocenters. The number of ether oxygens (including phenoxy) is 3. The van der Waals surface area contributed by atoms with E-state index in [0.717, 1.165) is 103 Å². The number of esters is 1. The Kier molecular flexibility index (Phi) is 46.3. The third-order valence-corrected chi connectivity index (χ3v) is 13.1. The predicted molar refractivity (Wildman–Crippen MR) is 305 cm³/mol. The molecule has 0 aliphatic carbocycles. The van der Waals surface area contributed by atoms with Gasteiger partial charge < -0.3 is 45.1 Å². The molecule has 8 unspecified atom stereocenters. The first kappa shape index (κ1) is 68.3. The van der Waals surface area contributed by atoms with Gasteiger partial charge in [0.1, 0.15) is 24.4 Å². The molecule has 1 heterocycles. The van der Waals surface area contributed by atoms with Crippen LogP contribution in [0.5, 0.6) is 0 Å². The zero-order valence-corrected chi connectivity index (χ0v) is 46.4. The molecule has 0 aromatic carbocycles. The third kappa shape index (κ3) is 38.0. The number of hydrogen-bond acceptors (Lipinski definition) is 10. The van der Waals surface area contributed by atoms with E-state index in [1.807, 2.05) is 66.8 Å². The molecule has 74 heavy (non-hydrogen) atoms. The minimum absolute atomic E-state index is 0.0652. The van der Waals surface area contributed by atoms with Crippen LogP contribution in [0.2, 0.25) is 0 Å². The van der Waals surface area contributed by atoms with Gasteiger partial charge >= 0.3 is 5.97 Å². The summed E-state index contributed by atoms with van der Waals surface area (Å²) >= 11 is 0. The van der Waals surface area contributed by atoms with Crippen LogP contribution in [0.1, 0.15) is 213 Å². The second-order valence-electron chi connectivity index (χ2n) is 19.8. The van der Waals surface area contributed by atoms with E-state index in [2.05, 4.69) is 62.5 Å². The van der Waals surface area contributed by atoms with Gasteiger partial charge in [0.25, 0.3) is 0 Å². The maximum Gasteiger partial charge on any atom is 0.306 e. The van der Waals surface area contributed by atoms with E-state index in [-0.39, 0.29) is 19.4 Å². The van der Waals surface area contributed by atoms with Crippen LogP contribution in [0.3, 0.4) is 0 Å². The van der Waals surface area contributed by atoms with E-state index in [9.17, 15) is 35.1 Å². The van der Waals surface area contributed by atoms with E-state index in [4.69, 9.17) is 14.2 Å². The SMILES string of the molecule is CC\C=C/C=C/C=C/C=C\C=C\C=C\CCCCCC(=O)OC1C(OCC(NC(=O)C(O)CCCCCCCC/C=C\C/C=C\CCCCC)C(O)/C=C/CCCCCCCCCCCC)OC(CO)C(O)C1O. The Balaban J connectivity index is 2.77. The molecule has 0 bridgehead atoms. The zero-order valence-electron chi connectivity index (χ0n) is 46.4. The van der Waals surface area contributed by atoms with E-state index in [1.165, 1.54) is 64.2 Å². The van der Waals surface area contributed by atoms with Crippen molar-refractivity contribution in [2.45, 2.75) is 262 Å². The lowest BCUT2D eigenvalue weighted by atomic mass is 9.99. The van der Waals surface area contributed by atoms with E-state index in [1.54, 1.807) is 6.08 Å². The molecule has 1 aliphatic rings. The van der Waals surface area contributed by atoms with E-state index in [0.29, 0.717) is 12.8 Å². The minimum atomic E-state index is -1.64. The van der Waals surface area contributed by atoms with Gasteiger partial charge in [-0.25, -0.2) is 0 Å². The van der Waals surface area contributed by atoms with E-state index < -0.39 is 67.4 Å². The maximum atomic E-state index is 13.4. The highest BCUT2D eigenvalue weighted by Crippen LogP contribution is 2.26. The first-order valence-corrected chi connectivity index (χ1v) is 29.2. The highest BCUT2D eigenvalue weighted by atomic mass is 16.7. The molecular formula is C63H105NO10. The van der Waals surface area contributed by atoms with Crippen molar-refractivity contribution in [3.63, 3.8) is 0 Å². The molecule has 1 fully saturated rings. The van der Waals surface area contributed by atoms with Crippen LogP contribution in [0.4, 0.5) is 0 Å². The lowest BCUT2D eigenvalue weighted by Gasteiger charge is -2.41. The monoisotopic (exact) mass is 1040 g/mol. The van der Waals surface area contributed by atoms with Gasteiger partial charge in [0.15, 0.2) is 12.4 Å². The quantitative estimate of drug-likeness (QED) is 0.0149. The van der Waals surface area contributed by atoms with Gasteiger partial charge in [-0.3, -0.25) is 9.59 Å². The Morgan fingerprint density at radius 2 is 1.03 bits per heavy atom. The number of rotatable bonds is 47. The Bertz CT molecular complexity index is 1610. The fourth-order valence-electron chi connectivity index (χ4n) is 8.42. The largest absolute Gasteiger partial charge is 0.454 e. The van der Waals surface area contributed by atoms with Crippen molar-refractivity contribution in [1.29, 1.82) is 0 Å². The summed E-state index contributed by atoms with van der Waals surface area (Å²) in [4.78, 5) is 26.5. The molecule has 0 radical (unpaired) electrons. The third-order valence-electron chi connectivity index (χ3n) is 13.1. The van der Waals surface area contributed by atoms with Crippen LogP contribution >= 0.6 is 0 Å². The summed E-state index contributed by atoms with van der Waals surface area (Å²) in [5.41, 5.74) is 0. The van der Waals surface area contributed by atoms with Crippen molar-refractivity contribution in [1.82, 2.24) is 5.32 Å². The van der Waals surface area contributed by atoms with Crippen LogP contribution in [-0.2, 0) is 23.8 Å². The zero-order chi connectivity index (χ0) is 54.0. The summed E-state index contributed by atoms with van der Waals surface area (Å²) in [7, 11) is 0. The fourth-order valence-corrected chi connectivity index (χ4v) is 8.42. The number of aliphatic hydroxyl groups excluding tert-OH is 5. The number of carbonyl (C=O) groups excluding carboxylic acids is 2. The summed E-state index contributed by atoms with van der Waals surface area (Å²) in [6.07, 6.45) is 56.9. The van der Waals surface area contributed by atoms with Gasteiger partial charge in [-0.1, -0.05) is 239 Å². The van der Waals surface area contributed by atoms with Crippen LogP contribution in [-0.4, -0.2) is 99.6 Å². The predicted octanol–water partition coefficient (Wildman–Crippen LogP) is 13.3. The number of amides is 1. The highest BCUT2D eigenvalue weighted by molar-refractivity contribution is 5.80. The first-order chi connectivity index (χ1) is 36.2. The van der Waals surface area contributed by atoms with Gasteiger partial charge in [-0.15, -0.1) is 0 Å². The molecule has 1 rings (SSSR count). The molecule has 422 valence electrons. The first-order valence-electron chi connectivity index (χ1n) is 29.2. The average Bonchev–Trinajstić information content (AvgIpc) is 3.40. The van der Waals surface area contributed by atoms with Gasteiger partial charge in [0, 0.05) is 6.42 Å². The molecule has 11 nitrogen and oxygen atoms in total.